The summed E-state index contributed by atoms with van der Waals surface area (Å²) in [5.74, 6) is 1.03. The summed E-state index contributed by atoms with van der Waals surface area (Å²) < 4.78 is 5.90. The topological polar surface area (TPSA) is 21.3 Å². The van der Waals surface area contributed by atoms with Crippen LogP contribution in [0.15, 0.2) is 24.3 Å². The molecule has 0 saturated heterocycles. The van der Waals surface area contributed by atoms with Gasteiger partial charge in [0.05, 0.1) is 6.10 Å². The zero-order valence-electron chi connectivity index (χ0n) is 12.7. The molecule has 1 aliphatic carbocycles. The molecule has 1 atom stereocenters. The molecule has 19 heavy (non-hydrogen) atoms. The van der Waals surface area contributed by atoms with E-state index in [4.69, 9.17) is 4.74 Å². The molecular formula is C17H27NO. The summed E-state index contributed by atoms with van der Waals surface area (Å²) in [5, 5.41) is 3.50. The minimum Gasteiger partial charge on any atom is -0.490 e. The fourth-order valence-electron chi connectivity index (χ4n) is 2.67. The maximum absolute atomic E-state index is 5.90. The summed E-state index contributed by atoms with van der Waals surface area (Å²) in [6.07, 6.45) is 4.03. The van der Waals surface area contributed by atoms with Crippen molar-refractivity contribution in [2.75, 3.05) is 6.54 Å². The summed E-state index contributed by atoms with van der Waals surface area (Å²) in [6.45, 7) is 10.1. The van der Waals surface area contributed by atoms with E-state index in [1.807, 2.05) is 0 Å². The average molecular weight is 261 g/mol. The Morgan fingerprint density at radius 2 is 2.11 bits per heavy atom. The molecule has 0 radical (unpaired) electrons. The molecule has 106 valence electrons. The molecular weight excluding hydrogens is 234 g/mol. The zero-order valence-corrected chi connectivity index (χ0v) is 12.7. The third-order valence-electron chi connectivity index (χ3n) is 3.81. The predicted octanol–water partition coefficient (Wildman–Crippen LogP) is 3.89. The lowest BCUT2D eigenvalue weighted by Crippen LogP contribution is -2.33. The summed E-state index contributed by atoms with van der Waals surface area (Å²) in [7, 11) is 0. The van der Waals surface area contributed by atoms with Gasteiger partial charge in [-0.2, -0.15) is 0 Å². The largest absolute Gasteiger partial charge is 0.490 e. The van der Waals surface area contributed by atoms with E-state index in [1.165, 1.54) is 18.4 Å². The standard InChI is InChI=1S/C17H27NO/c1-5-18-13(2)12-17(3,4)14-7-6-8-16(11-14)19-15-9-10-15/h6-8,11,13,15,18H,5,9-10,12H2,1-4H3. The van der Waals surface area contributed by atoms with E-state index in [-0.39, 0.29) is 5.41 Å². The molecule has 1 aromatic carbocycles. The Kier molecular flexibility index (Phi) is 4.51. The molecule has 2 nitrogen and oxygen atoms in total. The molecule has 0 amide bonds. The highest BCUT2D eigenvalue weighted by Crippen LogP contribution is 2.33. The average Bonchev–Trinajstić information content (AvgIpc) is 3.13. The van der Waals surface area contributed by atoms with Gasteiger partial charge in [0.2, 0.25) is 0 Å². The van der Waals surface area contributed by atoms with Crippen molar-refractivity contribution >= 4 is 0 Å². The van der Waals surface area contributed by atoms with Crippen molar-refractivity contribution in [1.82, 2.24) is 5.32 Å². The molecule has 1 saturated carbocycles. The van der Waals surface area contributed by atoms with Crippen LogP contribution in [0.2, 0.25) is 0 Å². The summed E-state index contributed by atoms with van der Waals surface area (Å²) in [4.78, 5) is 0. The van der Waals surface area contributed by atoms with Crippen LogP contribution in [-0.2, 0) is 5.41 Å². The Labute approximate surface area is 117 Å². The molecule has 1 fully saturated rings. The van der Waals surface area contributed by atoms with E-state index in [1.54, 1.807) is 0 Å². The second-order valence-corrected chi connectivity index (χ2v) is 6.39. The molecule has 0 aliphatic heterocycles. The predicted molar refractivity (Wildman–Crippen MR) is 80.9 cm³/mol. The van der Waals surface area contributed by atoms with E-state index in [9.17, 15) is 0 Å². The van der Waals surface area contributed by atoms with Gasteiger partial charge < -0.3 is 10.1 Å². The third kappa shape index (κ3) is 4.24. The summed E-state index contributed by atoms with van der Waals surface area (Å²) >= 11 is 0. The highest BCUT2D eigenvalue weighted by molar-refractivity contribution is 5.33. The third-order valence-corrected chi connectivity index (χ3v) is 3.81. The summed E-state index contributed by atoms with van der Waals surface area (Å²) in [5.41, 5.74) is 1.54. The van der Waals surface area contributed by atoms with Crippen molar-refractivity contribution < 1.29 is 4.74 Å². The maximum Gasteiger partial charge on any atom is 0.120 e. The lowest BCUT2D eigenvalue weighted by molar-refractivity contribution is 0.301. The molecule has 0 spiro atoms. The van der Waals surface area contributed by atoms with Gasteiger partial charge in [0.15, 0.2) is 0 Å². The first-order valence-electron chi connectivity index (χ1n) is 7.52. The molecule has 2 rings (SSSR count). The minimum atomic E-state index is 0.171. The van der Waals surface area contributed by atoms with Gasteiger partial charge in [0.1, 0.15) is 5.75 Å². The molecule has 1 aromatic rings. The second kappa shape index (κ2) is 5.96. The van der Waals surface area contributed by atoms with Crippen LogP contribution in [0.25, 0.3) is 0 Å². The number of benzene rings is 1. The molecule has 2 heteroatoms. The molecule has 0 heterocycles. The number of nitrogens with one attached hydrogen (secondary N) is 1. The van der Waals surface area contributed by atoms with Crippen molar-refractivity contribution in [3.05, 3.63) is 29.8 Å². The Hall–Kier alpha value is -1.02. The molecule has 0 bridgehead atoms. The Morgan fingerprint density at radius 3 is 2.74 bits per heavy atom. The van der Waals surface area contributed by atoms with Crippen molar-refractivity contribution in [3.63, 3.8) is 0 Å². The Morgan fingerprint density at radius 1 is 1.37 bits per heavy atom. The summed E-state index contributed by atoms with van der Waals surface area (Å²) in [6, 6.07) is 9.17. The quantitative estimate of drug-likeness (QED) is 0.804. The molecule has 0 aromatic heterocycles. The molecule has 1 unspecified atom stereocenters. The van der Waals surface area contributed by atoms with Crippen molar-refractivity contribution in [2.45, 2.75) is 64.5 Å². The SMILES string of the molecule is CCNC(C)CC(C)(C)c1cccc(OC2CC2)c1. The van der Waals surface area contributed by atoms with Gasteiger partial charge in [-0.15, -0.1) is 0 Å². The minimum absolute atomic E-state index is 0.171. The number of hydrogen-bond acceptors (Lipinski definition) is 2. The monoisotopic (exact) mass is 261 g/mol. The lowest BCUT2D eigenvalue weighted by Gasteiger charge is -2.29. The van der Waals surface area contributed by atoms with Crippen LogP contribution in [0, 0.1) is 0 Å². The number of rotatable bonds is 7. The van der Waals surface area contributed by atoms with Gasteiger partial charge in [-0.25, -0.2) is 0 Å². The maximum atomic E-state index is 5.90. The fourth-order valence-corrected chi connectivity index (χ4v) is 2.67. The van der Waals surface area contributed by atoms with Gasteiger partial charge in [0.25, 0.3) is 0 Å². The van der Waals surface area contributed by atoms with E-state index in [0.717, 1.165) is 18.7 Å². The van der Waals surface area contributed by atoms with Crippen LogP contribution < -0.4 is 10.1 Å². The fraction of sp³-hybridized carbons (Fsp3) is 0.647. The molecule has 1 aliphatic rings. The van der Waals surface area contributed by atoms with E-state index < -0.39 is 0 Å². The number of ether oxygens (including phenoxy) is 1. The van der Waals surface area contributed by atoms with Crippen molar-refractivity contribution in [3.8, 4) is 5.75 Å². The zero-order chi connectivity index (χ0) is 13.9. The highest BCUT2D eigenvalue weighted by atomic mass is 16.5. The van der Waals surface area contributed by atoms with E-state index >= 15 is 0 Å². The molecule has 1 N–H and O–H groups in total. The van der Waals surface area contributed by atoms with Crippen LogP contribution in [0.4, 0.5) is 0 Å². The van der Waals surface area contributed by atoms with Crippen LogP contribution in [-0.4, -0.2) is 18.7 Å². The van der Waals surface area contributed by atoms with Crippen LogP contribution in [0.3, 0.4) is 0 Å². The Balaban J connectivity index is 2.05. The van der Waals surface area contributed by atoms with E-state index in [2.05, 4.69) is 57.3 Å². The van der Waals surface area contributed by atoms with Gasteiger partial charge >= 0.3 is 0 Å². The highest BCUT2D eigenvalue weighted by Gasteiger charge is 2.26. The first-order valence-corrected chi connectivity index (χ1v) is 7.52. The normalized spacial score (nSPS) is 17.3. The van der Waals surface area contributed by atoms with Gasteiger partial charge in [-0.3, -0.25) is 0 Å². The lowest BCUT2D eigenvalue weighted by atomic mass is 9.79. The second-order valence-electron chi connectivity index (χ2n) is 6.39. The van der Waals surface area contributed by atoms with Crippen LogP contribution >= 0.6 is 0 Å². The first-order chi connectivity index (χ1) is 9.01. The van der Waals surface area contributed by atoms with Gasteiger partial charge in [-0.05, 0) is 55.8 Å². The number of hydrogen-bond donors (Lipinski definition) is 1. The Bertz CT molecular complexity index is 409. The van der Waals surface area contributed by atoms with Gasteiger partial charge in [0, 0.05) is 6.04 Å². The van der Waals surface area contributed by atoms with Crippen molar-refractivity contribution in [2.24, 2.45) is 0 Å². The van der Waals surface area contributed by atoms with Crippen molar-refractivity contribution in [1.29, 1.82) is 0 Å². The van der Waals surface area contributed by atoms with Crippen LogP contribution in [0.1, 0.15) is 52.5 Å². The van der Waals surface area contributed by atoms with Crippen LogP contribution in [0.5, 0.6) is 5.75 Å². The smallest absolute Gasteiger partial charge is 0.120 e. The first kappa shape index (κ1) is 14.4. The van der Waals surface area contributed by atoms with E-state index in [0.29, 0.717) is 12.1 Å². The van der Waals surface area contributed by atoms with Gasteiger partial charge in [-0.1, -0.05) is 32.9 Å².